The molecule has 21 heavy (non-hydrogen) atoms. The lowest BCUT2D eigenvalue weighted by molar-refractivity contribution is 0.153. The van der Waals surface area contributed by atoms with Gasteiger partial charge in [0.05, 0.1) is 5.69 Å². The zero-order valence-electron chi connectivity index (χ0n) is 14.0. The van der Waals surface area contributed by atoms with Gasteiger partial charge in [-0.2, -0.15) is 5.10 Å². The SMILES string of the molecule is CCCNCC1(Cc2cc(CC)nn2C)CC2CCC1C2. The Bertz CT molecular complexity index is 479. The first-order chi connectivity index (χ1) is 10.2. The monoisotopic (exact) mass is 289 g/mol. The van der Waals surface area contributed by atoms with Crippen molar-refractivity contribution in [3.05, 3.63) is 17.5 Å². The van der Waals surface area contributed by atoms with Gasteiger partial charge in [0, 0.05) is 19.3 Å². The first kappa shape index (κ1) is 15.1. The van der Waals surface area contributed by atoms with Crippen molar-refractivity contribution in [3.63, 3.8) is 0 Å². The van der Waals surface area contributed by atoms with E-state index in [1.165, 1.54) is 56.5 Å². The highest BCUT2D eigenvalue weighted by Crippen LogP contribution is 2.57. The molecule has 3 rings (SSSR count). The van der Waals surface area contributed by atoms with Crippen molar-refractivity contribution in [3.8, 4) is 0 Å². The number of fused-ring (bicyclic) bond motifs is 2. The second-order valence-electron chi connectivity index (χ2n) is 7.40. The Labute approximate surface area is 129 Å². The molecule has 0 aromatic carbocycles. The van der Waals surface area contributed by atoms with Crippen LogP contribution in [-0.4, -0.2) is 22.9 Å². The second kappa shape index (κ2) is 6.12. The van der Waals surface area contributed by atoms with Gasteiger partial charge in [0.15, 0.2) is 0 Å². The topological polar surface area (TPSA) is 29.9 Å². The van der Waals surface area contributed by atoms with Crippen LogP contribution in [0.3, 0.4) is 0 Å². The Kier molecular flexibility index (Phi) is 4.39. The predicted octanol–water partition coefficient (Wildman–Crippen LogP) is 3.33. The highest BCUT2D eigenvalue weighted by Gasteiger charge is 2.50. The van der Waals surface area contributed by atoms with E-state index >= 15 is 0 Å². The van der Waals surface area contributed by atoms with Gasteiger partial charge >= 0.3 is 0 Å². The summed E-state index contributed by atoms with van der Waals surface area (Å²) in [5.74, 6) is 1.93. The van der Waals surface area contributed by atoms with Gasteiger partial charge in [-0.15, -0.1) is 0 Å². The zero-order valence-corrected chi connectivity index (χ0v) is 14.0. The average Bonchev–Trinajstić information content (AvgIpc) is 3.15. The third kappa shape index (κ3) is 2.90. The number of aryl methyl sites for hydroxylation is 2. The highest BCUT2D eigenvalue weighted by molar-refractivity contribution is 5.15. The minimum Gasteiger partial charge on any atom is -0.316 e. The van der Waals surface area contributed by atoms with Crippen LogP contribution in [-0.2, 0) is 19.9 Å². The molecule has 2 aliphatic carbocycles. The van der Waals surface area contributed by atoms with Crippen molar-refractivity contribution < 1.29 is 0 Å². The molecule has 1 N–H and O–H groups in total. The van der Waals surface area contributed by atoms with E-state index in [4.69, 9.17) is 0 Å². The third-order valence-electron chi connectivity index (χ3n) is 5.93. The molecule has 2 aliphatic rings. The standard InChI is InChI=1S/C18H31N3/c1-4-8-19-13-18(11-14-6-7-15(18)9-14)12-17-10-16(5-2)20-21(17)3/h10,14-15,19H,4-9,11-13H2,1-3H3. The molecule has 0 amide bonds. The Hall–Kier alpha value is -0.830. The maximum absolute atomic E-state index is 4.66. The van der Waals surface area contributed by atoms with Gasteiger partial charge in [-0.25, -0.2) is 0 Å². The number of rotatable bonds is 7. The maximum Gasteiger partial charge on any atom is 0.0624 e. The molecule has 3 nitrogen and oxygen atoms in total. The first-order valence-corrected chi connectivity index (χ1v) is 8.89. The Morgan fingerprint density at radius 2 is 2.24 bits per heavy atom. The van der Waals surface area contributed by atoms with Gasteiger partial charge in [0.2, 0.25) is 0 Å². The van der Waals surface area contributed by atoms with Crippen molar-refractivity contribution in [2.75, 3.05) is 13.1 Å². The molecular weight excluding hydrogens is 258 g/mol. The molecule has 3 atom stereocenters. The van der Waals surface area contributed by atoms with Crippen LogP contribution in [0.5, 0.6) is 0 Å². The molecule has 0 saturated heterocycles. The van der Waals surface area contributed by atoms with Crippen LogP contribution in [0.25, 0.3) is 0 Å². The number of hydrogen-bond acceptors (Lipinski definition) is 2. The third-order valence-corrected chi connectivity index (χ3v) is 5.93. The van der Waals surface area contributed by atoms with Crippen LogP contribution in [0.15, 0.2) is 6.07 Å². The highest BCUT2D eigenvalue weighted by atomic mass is 15.3. The summed E-state index contributed by atoms with van der Waals surface area (Å²) in [5, 5.41) is 8.39. The van der Waals surface area contributed by atoms with E-state index < -0.39 is 0 Å². The first-order valence-electron chi connectivity index (χ1n) is 8.89. The van der Waals surface area contributed by atoms with Crippen LogP contribution in [0.2, 0.25) is 0 Å². The molecule has 3 heteroatoms. The fourth-order valence-corrected chi connectivity index (χ4v) is 4.84. The van der Waals surface area contributed by atoms with Crippen LogP contribution >= 0.6 is 0 Å². The van der Waals surface area contributed by atoms with Crippen LogP contribution < -0.4 is 5.32 Å². The van der Waals surface area contributed by atoms with Crippen molar-refractivity contribution >= 4 is 0 Å². The summed E-state index contributed by atoms with van der Waals surface area (Å²) in [4.78, 5) is 0. The van der Waals surface area contributed by atoms with Crippen LogP contribution in [0.4, 0.5) is 0 Å². The van der Waals surface area contributed by atoms with Gasteiger partial charge in [-0.05, 0) is 68.4 Å². The van der Waals surface area contributed by atoms with Crippen LogP contribution in [0, 0.1) is 17.3 Å². The summed E-state index contributed by atoms with van der Waals surface area (Å²) in [6.07, 6.45) is 9.33. The number of aromatic nitrogens is 2. The van der Waals surface area contributed by atoms with Gasteiger partial charge in [-0.3, -0.25) is 4.68 Å². The van der Waals surface area contributed by atoms with E-state index in [0.717, 1.165) is 24.8 Å². The fraction of sp³-hybridized carbons (Fsp3) is 0.833. The Morgan fingerprint density at radius 3 is 2.81 bits per heavy atom. The molecular formula is C18H31N3. The van der Waals surface area contributed by atoms with E-state index in [9.17, 15) is 0 Å². The molecule has 0 radical (unpaired) electrons. The lowest BCUT2D eigenvalue weighted by Gasteiger charge is -2.38. The van der Waals surface area contributed by atoms with Gasteiger partial charge in [0.1, 0.15) is 0 Å². The predicted molar refractivity (Wildman–Crippen MR) is 87.3 cm³/mol. The van der Waals surface area contributed by atoms with Gasteiger partial charge in [-0.1, -0.05) is 20.3 Å². The number of hydrogen-bond donors (Lipinski definition) is 1. The Balaban J connectivity index is 1.77. The van der Waals surface area contributed by atoms with Crippen LogP contribution in [0.1, 0.15) is 57.3 Å². The molecule has 1 aromatic heterocycles. The molecule has 118 valence electrons. The molecule has 0 spiro atoms. The largest absolute Gasteiger partial charge is 0.316 e. The van der Waals surface area contributed by atoms with Crippen molar-refractivity contribution in [2.24, 2.45) is 24.3 Å². The molecule has 1 aromatic rings. The van der Waals surface area contributed by atoms with Gasteiger partial charge in [0.25, 0.3) is 0 Å². The zero-order chi connectivity index (χ0) is 14.9. The normalized spacial score (nSPS) is 31.2. The molecule has 0 aliphatic heterocycles. The van der Waals surface area contributed by atoms with Gasteiger partial charge < -0.3 is 5.32 Å². The van der Waals surface area contributed by atoms with E-state index in [-0.39, 0.29) is 0 Å². The second-order valence-corrected chi connectivity index (χ2v) is 7.40. The molecule has 2 fully saturated rings. The summed E-state index contributed by atoms with van der Waals surface area (Å²) in [6.45, 7) is 6.82. The summed E-state index contributed by atoms with van der Waals surface area (Å²) in [6, 6.07) is 2.34. The summed E-state index contributed by atoms with van der Waals surface area (Å²) in [7, 11) is 2.12. The Morgan fingerprint density at radius 1 is 1.38 bits per heavy atom. The van der Waals surface area contributed by atoms with E-state index in [2.05, 4.69) is 42.1 Å². The minimum absolute atomic E-state index is 0.497. The maximum atomic E-state index is 4.66. The summed E-state index contributed by atoms with van der Waals surface area (Å²) >= 11 is 0. The average molecular weight is 289 g/mol. The van der Waals surface area contributed by atoms with Crippen molar-refractivity contribution in [2.45, 2.75) is 58.8 Å². The quantitative estimate of drug-likeness (QED) is 0.780. The molecule has 1 heterocycles. The number of nitrogens with zero attached hydrogens (tertiary/aromatic N) is 2. The molecule has 2 bridgehead atoms. The minimum atomic E-state index is 0.497. The molecule has 2 saturated carbocycles. The van der Waals surface area contributed by atoms with Crippen molar-refractivity contribution in [1.82, 2.24) is 15.1 Å². The number of nitrogens with one attached hydrogen (secondary N) is 1. The lowest BCUT2D eigenvalue weighted by atomic mass is 9.70. The summed E-state index contributed by atoms with van der Waals surface area (Å²) in [5.41, 5.74) is 3.18. The fourth-order valence-electron chi connectivity index (χ4n) is 4.84. The van der Waals surface area contributed by atoms with E-state index in [0.29, 0.717) is 5.41 Å². The summed E-state index contributed by atoms with van der Waals surface area (Å²) < 4.78 is 2.13. The smallest absolute Gasteiger partial charge is 0.0624 e. The lowest BCUT2D eigenvalue weighted by Crippen LogP contribution is -2.41. The van der Waals surface area contributed by atoms with E-state index in [1.54, 1.807) is 0 Å². The molecule has 3 unspecified atom stereocenters. The van der Waals surface area contributed by atoms with E-state index in [1.807, 2.05) is 0 Å². The van der Waals surface area contributed by atoms with Crippen molar-refractivity contribution in [1.29, 1.82) is 0 Å².